The van der Waals surface area contributed by atoms with Crippen molar-refractivity contribution < 1.29 is 19.7 Å². The van der Waals surface area contributed by atoms with Crippen molar-refractivity contribution in [3.8, 4) is 0 Å². The predicted octanol–water partition coefficient (Wildman–Crippen LogP) is 0.806. The van der Waals surface area contributed by atoms with Crippen LogP contribution in [0.3, 0.4) is 0 Å². The van der Waals surface area contributed by atoms with Gasteiger partial charge in [-0.25, -0.2) is 0 Å². The Morgan fingerprint density at radius 1 is 1.12 bits per heavy atom. The Kier molecular flexibility index (Phi) is 10.4. The minimum atomic E-state index is 0.0278. The summed E-state index contributed by atoms with van der Waals surface area (Å²) in [5.74, 6) is 0.214. The molecule has 0 aliphatic rings. The summed E-state index contributed by atoms with van der Waals surface area (Å²) in [6, 6.07) is 9.75. The van der Waals surface area contributed by atoms with Gasteiger partial charge in [0.05, 0.1) is 26.4 Å². The van der Waals surface area contributed by atoms with E-state index >= 15 is 0 Å². The smallest absolute Gasteiger partial charge is 0.134 e. The molecule has 0 amide bonds. The first-order valence-corrected chi connectivity index (χ1v) is 5.53. The van der Waals surface area contributed by atoms with E-state index in [9.17, 15) is 4.79 Å². The van der Waals surface area contributed by atoms with Gasteiger partial charge in [-0.3, -0.25) is 4.79 Å². The molecule has 0 unspecified atom stereocenters. The second-order valence-electron chi connectivity index (χ2n) is 3.42. The second kappa shape index (κ2) is 11.3. The third-order valence-electron chi connectivity index (χ3n) is 1.77. The van der Waals surface area contributed by atoms with Gasteiger partial charge in [0.1, 0.15) is 5.78 Å². The van der Waals surface area contributed by atoms with Gasteiger partial charge in [-0.2, -0.15) is 0 Å². The van der Waals surface area contributed by atoms with Crippen molar-refractivity contribution in [1.82, 2.24) is 0 Å². The fraction of sp³-hybridized carbons (Fsp3) is 0.462. The van der Waals surface area contributed by atoms with Crippen LogP contribution in [0.1, 0.15) is 12.5 Å². The normalized spacial score (nSPS) is 9.35. The summed E-state index contributed by atoms with van der Waals surface area (Å²) in [6.07, 6.45) is 0.556. The highest BCUT2D eigenvalue weighted by Crippen LogP contribution is 1.98. The first kappa shape index (κ1) is 15.8. The number of ketones is 1. The van der Waals surface area contributed by atoms with E-state index in [1.165, 1.54) is 0 Å². The van der Waals surface area contributed by atoms with Crippen LogP contribution in [0.25, 0.3) is 0 Å². The van der Waals surface area contributed by atoms with Crippen LogP contribution in [0.15, 0.2) is 30.3 Å². The van der Waals surface area contributed by atoms with Gasteiger partial charge in [0.15, 0.2) is 0 Å². The van der Waals surface area contributed by atoms with Crippen molar-refractivity contribution in [3.63, 3.8) is 0 Å². The van der Waals surface area contributed by atoms with E-state index in [1.807, 2.05) is 30.3 Å². The molecule has 0 saturated heterocycles. The molecule has 96 valence electrons. The number of aliphatic hydroxyl groups excluding tert-OH is 2. The van der Waals surface area contributed by atoms with Gasteiger partial charge in [-0.1, -0.05) is 30.3 Å². The molecule has 0 bridgehead atoms. The lowest BCUT2D eigenvalue weighted by molar-refractivity contribution is -0.116. The van der Waals surface area contributed by atoms with Crippen LogP contribution >= 0.6 is 0 Å². The number of Topliss-reactive ketones (excluding diaryl/α,β-unsaturated/α-hetero) is 1. The van der Waals surface area contributed by atoms with Crippen LogP contribution in [0, 0.1) is 0 Å². The fourth-order valence-electron chi connectivity index (χ4n) is 1.11. The minimum Gasteiger partial charge on any atom is -0.394 e. The maximum absolute atomic E-state index is 10.6. The Hall–Kier alpha value is -1.23. The van der Waals surface area contributed by atoms with E-state index in [1.54, 1.807) is 6.92 Å². The van der Waals surface area contributed by atoms with Crippen LogP contribution in [0.2, 0.25) is 0 Å². The minimum absolute atomic E-state index is 0.0278. The van der Waals surface area contributed by atoms with Crippen LogP contribution in [0.5, 0.6) is 0 Å². The maximum Gasteiger partial charge on any atom is 0.134 e. The monoisotopic (exact) mass is 240 g/mol. The molecule has 1 aromatic carbocycles. The molecular formula is C13H20O4. The van der Waals surface area contributed by atoms with Crippen molar-refractivity contribution in [2.75, 3.05) is 26.4 Å². The molecule has 17 heavy (non-hydrogen) atoms. The highest BCUT2D eigenvalue weighted by atomic mass is 16.5. The molecular weight excluding hydrogens is 220 g/mol. The maximum atomic E-state index is 10.6. The van der Waals surface area contributed by atoms with Crippen molar-refractivity contribution in [2.45, 2.75) is 13.3 Å². The topological polar surface area (TPSA) is 66.8 Å². The number of ether oxygens (including phenoxy) is 1. The molecule has 0 spiro atoms. The number of benzene rings is 1. The third kappa shape index (κ3) is 11.0. The largest absolute Gasteiger partial charge is 0.394 e. The molecule has 0 atom stereocenters. The quantitative estimate of drug-likeness (QED) is 0.722. The SMILES string of the molecule is CC(=O)Cc1ccccc1.OCCOCCO. The van der Waals surface area contributed by atoms with E-state index in [4.69, 9.17) is 10.2 Å². The zero-order chi connectivity index (χ0) is 12.9. The molecule has 2 N–H and O–H groups in total. The van der Waals surface area contributed by atoms with Gasteiger partial charge >= 0.3 is 0 Å². The molecule has 0 aliphatic heterocycles. The number of carbonyl (C=O) groups excluding carboxylic acids is 1. The Morgan fingerprint density at radius 3 is 2.06 bits per heavy atom. The number of hydrogen-bond donors (Lipinski definition) is 2. The van der Waals surface area contributed by atoms with Crippen molar-refractivity contribution in [3.05, 3.63) is 35.9 Å². The first-order valence-electron chi connectivity index (χ1n) is 5.53. The van der Waals surface area contributed by atoms with Crippen molar-refractivity contribution >= 4 is 5.78 Å². The molecule has 4 heteroatoms. The molecule has 0 aromatic heterocycles. The predicted molar refractivity (Wildman–Crippen MR) is 65.8 cm³/mol. The third-order valence-corrected chi connectivity index (χ3v) is 1.77. The Labute approximate surface area is 102 Å². The lowest BCUT2D eigenvalue weighted by Gasteiger charge is -1.94. The zero-order valence-corrected chi connectivity index (χ0v) is 10.1. The molecule has 1 aromatic rings. The van der Waals surface area contributed by atoms with Gasteiger partial charge in [-0.05, 0) is 12.5 Å². The average molecular weight is 240 g/mol. The Bertz CT molecular complexity index is 281. The van der Waals surface area contributed by atoms with Crippen LogP contribution in [-0.4, -0.2) is 42.4 Å². The molecule has 4 nitrogen and oxygen atoms in total. The highest BCUT2D eigenvalue weighted by Gasteiger charge is 1.93. The number of hydrogen-bond acceptors (Lipinski definition) is 4. The number of rotatable bonds is 6. The summed E-state index contributed by atoms with van der Waals surface area (Å²) in [4.78, 5) is 10.6. The molecule has 1 rings (SSSR count). The van der Waals surface area contributed by atoms with Crippen LogP contribution < -0.4 is 0 Å². The number of carbonyl (C=O) groups is 1. The van der Waals surface area contributed by atoms with E-state index in [0.717, 1.165) is 5.56 Å². The summed E-state index contributed by atoms with van der Waals surface area (Å²) < 4.78 is 4.63. The van der Waals surface area contributed by atoms with E-state index in [-0.39, 0.29) is 19.0 Å². The van der Waals surface area contributed by atoms with Crippen LogP contribution in [0.4, 0.5) is 0 Å². The van der Waals surface area contributed by atoms with Gasteiger partial charge < -0.3 is 14.9 Å². The fourth-order valence-corrected chi connectivity index (χ4v) is 1.11. The van der Waals surface area contributed by atoms with Gasteiger partial charge in [-0.15, -0.1) is 0 Å². The van der Waals surface area contributed by atoms with Crippen molar-refractivity contribution in [2.24, 2.45) is 0 Å². The average Bonchev–Trinajstić information content (AvgIpc) is 2.31. The van der Waals surface area contributed by atoms with Crippen molar-refractivity contribution in [1.29, 1.82) is 0 Å². The lowest BCUT2D eigenvalue weighted by atomic mass is 10.1. The summed E-state index contributed by atoms with van der Waals surface area (Å²) >= 11 is 0. The summed E-state index contributed by atoms with van der Waals surface area (Å²) in [7, 11) is 0. The Morgan fingerprint density at radius 2 is 1.65 bits per heavy atom. The Balaban J connectivity index is 0.000000325. The molecule has 0 radical (unpaired) electrons. The molecule has 0 aliphatic carbocycles. The van der Waals surface area contributed by atoms with Gasteiger partial charge in [0.2, 0.25) is 0 Å². The van der Waals surface area contributed by atoms with E-state index < -0.39 is 0 Å². The van der Waals surface area contributed by atoms with Gasteiger partial charge in [0.25, 0.3) is 0 Å². The first-order chi connectivity index (χ1) is 8.20. The van der Waals surface area contributed by atoms with Crippen LogP contribution in [-0.2, 0) is 16.0 Å². The molecule has 0 saturated carbocycles. The second-order valence-corrected chi connectivity index (χ2v) is 3.42. The lowest BCUT2D eigenvalue weighted by Crippen LogP contribution is -2.03. The van der Waals surface area contributed by atoms with E-state index in [2.05, 4.69) is 4.74 Å². The summed E-state index contributed by atoms with van der Waals surface area (Å²) in [5, 5.41) is 16.2. The number of aliphatic hydroxyl groups is 2. The van der Waals surface area contributed by atoms with E-state index in [0.29, 0.717) is 19.6 Å². The molecule has 0 heterocycles. The molecule has 0 fully saturated rings. The summed E-state index contributed by atoms with van der Waals surface area (Å²) in [5.41, 5.74) is 1.09. The zero-order valence-electron chi connectivity index (χ0n) is 10.1. The standard InChI is InChI=1S/C9H10O.C4H10O3/c1-8(10)7-9-5-3-2-4-6-9;5-1-3-7-4-2-6/h2-6H,7H2,1H3;5-6H,1-4H2. The van der Waals surface area contributed by atoms with Gasteiger partial charge in [0, 0.05) is 6.42 Å². The highest BCUT2D eigenvalue weighted by molar-refractivity contribution is 5.78. The summed E-state index contributed by atoms with van der Waals surface area (Å²) in [6.45, 7) is 2.30.